The topological polar surface area (TPSA) is 49.5 Å². The highest BCUT2D eigenvalue weighted by molar-refractivity contribution is 4.81. The van der Waals surface area contributed by atoms with E-state index >= 15 is 0 Å². The van der Waals surface area contributed by atoms with Crippen molar-refractivity contribution in [2.45, 2.75) is 44.9 Å². The van der Waals surface area contributed by atoms with E-state index in [0.717, 1.165) is 0 Å². The lowest BCUT2D eigenvalue weighted by atomic mass is 9.97. The molecular formula is C11H23F3N2O. The van der Waals surface area contributed by atoms with Crippen LogP contribution in [-0.2, 0) is 0 Å². The Kier molecular flexibility index (Phi) is 7.04. The number of nitrogens with two attached hydrogens (primary N) is 1. The first-order valence-corrected chi connectivity index (χ1v) is 5.80. The summed E-state index contributed by atoms with van der Waals surface area (Å²) in [4.78, 5) is 1.49. The van der Waals surface area contributed by atoms with Crippen LogP contribution >= 0.6 is 0 Å². The molecule has 0 heterocycles. The smallest absolute Gasteiger partial charge is 0.390 e. The Morgan fingerprint density at radius 2 is 1.82 bits per heavy atom. The molecule has 0 aliphatic carbocycles. The molecule has 3 nitrogen and oxygen atoms in total. The van der Waals surface area contributed by atoms with Crippen molar-refractivity contribution in [3.8, 4) is 0 Å². The fourth-order valence-electron chi connectivity index (χ4n) is 1.77. The molecule has 0 aromatic heterocycles. The highest BCUT2D eigenvalue weighted by Crippen LogP contribution is 2.20. The average molecular weight is 256 g/mol. The van der Waals surface area contributed by atoms with Gasteiger partial charge in [0.25, 0.3) is 0 Å². The molecule has 0 aliphatic heterocycles. The number of hydrogen-bond donors (Lipinski definition) is 2. The lowest BCUT2D eigenvalue weighted by Gasteiger charge is -2.32. The van der Waals surface area contributed by atoms with E-state index in [1.165, 1.54) is 4.90 Å². The summed E-state index contributed by atoms with van der Waals surface area (Å²) in [5, 5.41) is 9.21. The SMILES string of the molecule is CC(C)CC(N)C(CO)N(C)CCC(F)(F)F. The first-order chi connectivity index (χ1) is 7.67. The zero-order chi connectivity index (χ0) is 13.6. The third-order valence-electron chi connectivity index (χ3n) is 2.74. The Morgan fingerprint density at radius 3 is 2.18 bits per heavy atom. The van der Waals surface area contributed by atoms with Gasteiger partial charge in [0.15, 0.2) is 0 Å². The number of rotatable bonds is 7. The molecule has 6 heteroatoms. The largest absolute Gasteiger partial charge is 0.395 e. The fraction of sp³-hybridized carbons (Fsp3) is 1.00. The molecule has 0 amide bonds. The molecule has 0 aromatic carbocycles. The Balaban J connectivity index is 4.24. The molecule has 2 unspecified atom stereocenters. The Morgan fingerprint density at radius 1 is 1.29 bits per heavy atom. The molecule has 0 radical (unpaired) electrons. The number of hydrogen-bond acceptors (Lipinski definition) is 3. The Labute approximate surface area is 101 Å². The Bertz CT molecular complexity index is 209. The number of aliphatic hydroxyl groups excluding tert-OH is 1. The Hall–Kier alpha value is -0.330. The molecule has 0 spiro atoms. The van der Waals surface area contributed by atoms with Crippen molar-refractivity contribution in [1.82, 2.24) is 4.90 Å². The van der Waals surface area contributed by atoms with Gasteiger partial charge in [-0.05, 0) is 19.4 Å². The van der Waals surface area contributed by atoms with Gasteiger partial charge in [-0.2, -0.15) is 13.2 Å². The van der Waals surface area contributed by atoms with Gasteiger partial charge in [-0.1, -0.05) is 13.8 Å². The van der Waals surface area contributed by atoms with Crippen LogP contribution in [0.5, 0.6) is 0 Å². The first kappa shape index (κ1) is 16.7. The molecule has 17 heavy (non-hydrogen) atoms. The summed E-state index contributed by atoms with van der Waals surface area (Å²) in [5.41, 5.74) is 5.89. The predicted octanol–water partition coefficient (Wildman–Crippen LogP) is 1.60. The third-order valence-corrected chi connectivity index (χ3v) is 2.74. The molecule has 3 N–H and O–H groups in total. The molecule has 104 valence electrons. The maximum Gasteiger partial charge on any atom is 0.390 e. The predicted molar refractivity (Wildman–Crippen MR) is 61.6 cm³/mol. The zero-order valence-electron chi connectivity index (χ0n) is 10.7. The molecule has 0 aliphatic rings. The molecule has 2 atom stereocenters. The lowest BCUT2D eigenvalue weighted by Crippen LogP contribution is -2.49. The van der Waals surface area contributed by atoms with Gasteiger partial charge in [0.05, 0.1) is 13.0 Å². The summed E-state index contributed by atoms with van der Waals surface area (Å²) in [6.45, 7) is 3.62. The zero-order valence-corrected chi connectivity index (χ0v) is 10.7. The van der Waals surface area contributed by atoms with Crippen LogP contribution in [0, 0.1) is 5.92 Å². The number of likely N-dealkylation sites (N-methyl/N-ethyl adjacent to an activating group) is 1. The number of aliphatic hydroxyl groups is 1. The second kappa shape index (κ2) is 7.18. The van der Waals surface area contributed by atoms with Crippen molar-refractivity contribution >= 4 is 0 Å². The van der Waals surface area contributed by atoms with Crippen molar-refractivity contribution in [2.24, 2.45) is 11.7 Å². The molecule has 0 aromatic rings. The van der Waals surface area contributed by atoms with E-state index in [-0.39, 0.29) is 19.2 Å². The van der Waals surface area contributed by atoms with Crippen molar-refractivity contribution in [2.75, 3.05) is 20.2 Å². The van der Waals surface area contributed by atoms with E-state index in [1.54, 1.807) is 7.05 Å². The first-order valence-electron chi connectivity index (χ1n) is 5.80. The van der Waals surface area contributed by atoms with Crippen LogP contribution in [-0.4, -0.2) is 48.5 Å². The van der Waals surface area contributed by atoms with Crippen molar-refractivity contribution in [1.29, 1.82) is 0 Å². The van der Waals surface area contributed by atoms with Gasteiger partial charge in [-0.3, -0.25) is 4.90 Å². The molecule has 0 saturated carbocycles. The minimum atomic E-state index is -4.17. The molecule has 0 rings (SSSR count). The second-order valence-electron chi connectivity index (χ2n) is 4.89. The maximum atomic E-state index is 12.1. The van der Waals surface area contributed by atoms with Gasteiger partial charge < -0.3 is 10.8 Å². The normalized spacial score (nSPS) is 16.6. The minimum Gasteiger partial charge on any atom is -0.395 e. The number of alkyl halides is 3. The summed E-state index contributed by atoms with van der Waals surface area (Å²) in [6.07, 6.45) is -4.37. The maximum absolute atomic E-state index is 12.1. The van der Waals surface area contributed by atoms with Gasteiger partial charge in [-0.25, -0.2) is 0 Å². The van der Waals surface area contributed by atoms with E-state index in [4.69, 9.17) is 5.73 Å². The highest BCUT2D eigenvalue weighted by Gasteiger charge is 2.30. The van der Waals surface area contributed by atoms with Crippen LogP contribution in [0.3, 0.4) is 0 Å². The number of halogens is 3. The van der Waals surface area contributed by atoms with Crippen molar-refractivity contribution in [3.05, 3.63) is 0 Å². The van der Waals surface area contributed by atoms with E-state index in [0.29, 0.717) is 12.3 Å². The van der Waals surface area contributed by atoms with Crippen molar-refractivity contribution < 1.29 is 18.3 Å². The van der Waals surface area contributed by atoms with Gasteiger partial charge >= 0.3 is 6.18 Å². The summed E-state index contributed by atoms with van der Waals surface area (Å²) in [6, 6.07) is -0.724. The molecule has 0 fully saturated rings. The van der Waals surface area contributed by atoms with E-state index in [2.05, 4.69) is 0 Å². The van der Waals surface area contributed by atoms with Crippen LogP contribution in [0.1, 0.15) is 26.7 Å². The van der Waals surface area contributed by atoms with Crippen LogP contribution in [0.25, 0.3) is 0 Å². The van der Waals surface area contributed by atoms with Gasteiger partial charge in [0.2, 0.25) is 0 Å². The van der Waals surface area contributed by atoms with Crippen LogP contribution < -0.4 is 5.73 Å². The van der Waals surface area contributed by atoms with E-state index in [1.807, 2.05) is 13.8 Å². The second-order valence-corrected chi connectivity index (χ2v) is 4.89. The van der Waals surface area contributed by atoms with Gasteiger partial charge in [-0.15, -0.1) is 0 Å². The monoisotopic (exact) mass is 256 g/mol. The molecule has 0 bridgehead atoms. The van der Waals surface area contributed by atoms with Crippen LogP contribution in [0.4, 0.5) is 13.2 Å². The summed E-state index contributed by atoms with van der Waals surface area (Å²) in [5.74, 6) is 0.357. The highest BCUT2D eigenvalue weighted by atomic mass is 19.4. The van der Waals surface area contributed by atoms with Crippen LogP contribution in [0.2, 0.25) is 0 Å². The van der Waals surface area contributed by atoms with E-state index in [9.17, 15) is 18.3 Å². The van der Waals surface area contributed by atoms with Crippen molar-refractivity contribution in [3.63, 3.8) is 0 Å². The fourth-order valence-corrected chi connectivity index (χ4v) is 1.77. The van der Waals surface area contributed by atoms with Gasteiger partial charge in [0, 0.05) is 18.6 Å². The quantitative estimate of drug-likeness (QED) is 0.727. The standard InChI is InChI=1S/C11H23F3N2O/c1-8(2)6-9(15)10(7-17)16(3)5-4-11(12,13)14/h8-10,17H,4-7,15H2,1-3H3. The summed E-state index contributed by atoms with van der Waals surface area (Å²) >= 11 is 0. The van der Waals surface area contributed by atoms with Gasteiger partial charge in [0.1, 0.15) is 0 Å². The summed E-state index contributed by atoms with van der Waals surface area (Å²) in [7, 11) is 1.56. The van der Waals surface area contributed by atoms with Crippen LogP contribution in [0.15, 0.2) is 0 Å². The average Bonchev–Trinajstić information content (AvgIpc) is 2.13. The lowest BCUT2D eigenvalue weighted by molar-refractivity contribution is -0.139. The third kappa shape index (κ3) is 7.57. The summed E-state index contributed by atoms with van der Waals surface area (Å²) < 4.78 is 36.2. The molecule has 0 saturated heterocycles. The minimum absolute atomic E-state index is 0.138. The number of nitrogens with zero attached hydrogens (tertiary/aromatic N) is 1. The molecular weight excluding hydrogens is 233 g/mol. The van der Waals surface area contributed by atoms with E-state index < -0.39 is 18.6 Å².